The summed E-state index contributed by atoms with van der Waals surface area (Å²) >= 11 is 0. The largest absolute Gasteiger partial charge is 0.352 e. The van der Waals surface area contributed by atoms with Crippen LogP contribution in [-0.2, 0) is 4.79 Å². The summed E-state index contributed by atoms with van der Waals surface area (Å²) in [6.07, 6.45) is 17.5. The van der Waals surface area contributed by atoms with E-state index in [1.807, 2.05) is 31.2 Å². The van der Waals surface area contributed by atoms with E-state index in [0.29, 0.717) is 5.92 Å². The van der Waals surface area contributed by atoms with Crippen molar-refractivity contribution < 1.29 is 4.79 Å². The van der Waals surface area contributed by atoms with Gasteiger partial charge in [0.1, 0.15) is 0 Å². The van der Waals surface area contributed by atoms with Gasteiger partial charge in [0.15, 0.2) is 0 Å². The highest BCUT2D eigenvalue weighted by Gasteiger charge is 1.95. The van der Waals surface area contributed by atoms with Gasteiger partial charge in [0.2, 0.25) is 5.91 Å². The molecule has 0 radical (unpaired) electrons. The van der Waals surface area contributed by atoms with Crippen molar-refractivity contribution in [3.8, 4) is 0 Å². The van der Waals surface area contributed by atoms with Gasteiger partial charge in [-0.25, -0.2) is 0 Å². The molecule has 2 nitrogen and oxygen atoms in total. The Morgan fingerprint density at radius 3 is 2.22 bits per heavy atom. The second-order valence-electron chi connectivity index (χ2n) is 4.46. The summed E-state index contributed by atoms with van der Waals surface area (Å²) in [6.45, 7) is 6.87. The molecule has 0 aromatic rings. The van der Waals surface area contributed by atoms with Gasteiger partial charge in [-0.1, -0.05) is 56.4 Å². The maximum atomic E-state index is 11.3. The first-order valence-electron chi connectivity index (χ1n) is 6.55. The number of hydrogen-bond acceptors (Lipinski definition) is 1. The van der Waals surface area contributed by atoms with Gasteiger partial charge < -0.3 is 5.32 Å². The predicted molar refractivity (Wildman–Crippen MR) is 79.3 cm³/mol. The normalized spacial score (nSPS) is 12.7. The molecule has 1 N–H and O–H groups in total. The summed E-state index contributed by atoms with van der Waals surface area (Å²) in [5, 5.41) is 2.83. The second-order valence-corrected chi connectivity index (χ2v) is 4.46. The smallest absolute Gasteiger partial charge is 0.243 e. The first-order valence-corrected chi connectivity index (χ1v) is 6.55. The van der Waals surface area contributed by atoms with Crippen molar-refractivity contribution in [1.29, 1.82) is 0 Å². The highest BCUT2D eigenvalue weighted by molar-refractivity contribution is 5.87. The van der Waals surface area contributed by atoms with E-state index >= 15 is 0 Å². The molecule has 0 saturated heterocycles. The standard InChI is InChI=1S/C16H25NO/c1-4-5-6-7-8-9-10-11-12-13-16(18)17-14-15(2)3/h4-7,10-13,15H,8-9,14H2,1-3H3,(H,17,18)/b5-4-,7-6-,11-10-,13-12+. The van der Waals surface area contributed by atoms with Gasteiger partial charge in [-0.05, 0) is 25.7 Å². The number of unbranched alkanes of at least 4 members (excludes halogenated alkanes) is 1. The summed E-state index contributed by atoms with van der Waals surface area (Å²) in [4.78, 5) is 11.3. The highest BCUT2D eigenvalue weighted by atomic mass is 16.1. The quantitative estimate of drug-likeness (QED) is 0.395. The summed E-state index contributed by atoms with van der Waals surface area (Å²) in [5.41, 5.74) is 0. The molecule has 18 heavy (non-hydrogen) atoms. The Morgan fingerprint density at radius 1 is 1.06 bits per heavy atom. The number of nitrogens with one attached hydrogen (secondary N) is 1. The fraction of sp³-hybridized carbons (Fsp3) is 0.438. The van der Waals surface area contributed by atoms with E-state index < -0.39 is 0 Å². The molecule has 0 aliphatic carbocycles. The Labute approximate surface area is 111 Å². The minimum absolute atomic E-state index is 0.0265. The van der Waals surface area contributed by atoms with Gasteiger partial charge in [0, 0.05) is 12.6 Å². The van der Waals surface area contributed by atoms with Gasteiger partial charge in [0.25, 0.3) is 0 Å². The Bertz CT molecular complexity index is 322. The highest BCUT2D eigenvalue weighted by Crippen LogP contribution is 1.94. The van der Waals surface area contributed by atoms with Crippen molar-refractivity contribution >= 4 is 5.91 Å². The van der Waals surface area contributed by atoms with Crippen LogP contribution in [0, 0.1) is 5.92 Å². The van der Waals surface area contributed by atoms with E-state index in [2.05, 4.69) is 31.3 Å². The maximum absolute atomic E-state index is 11.3. The number of allylic oxidation sites excluding steroid dienone is 7. The van der Waals surface area contributed by atoms with Crippen molar-refractivity contribution in [2.24, 2.45) is 5.92 Å². The molecular weight excluding hydrogens is 222 g/mol. The Morgan fingerprint density at radius 2 is 1.67 bits per heavy atom. The molecule has 0 bridgehead atoms. The maximum Gasteiger partial charge on any atom is 0.243 e. The third kappa shape index (κ3) is 12.5. The second kappa shape index (κ2) is 11.9. The number of amides is 1. The first kappa shape index (κ1) is 16.4. The molecular formula is C16H25NO. The number of carbonyl (C=O) groups excluding carboxylic acids is 1. The summed E-state index contributed by atoms with van der Waals surface area (Å²) in [6, 6.07) is 0. The van der Waals surface area contributed by atoms with E-state index in [9.17, 15) is 4.79 Å². The van der Waals surface area contributed by atoms with Crippen LogP contribution in [0.25, 0.3) is 0 Å². The lowest BCUT2D eigenvalue weighted by Crippen LogP contribution is -2.25. The number of carbonyl (C=O) groups is 1. The summed E-state index contributed by atoms with van der Waals surface area (Å²) in [5.74, 6) is 0.461. The average molecular weight is 247 g/mol. The van der Waals surface area contributed by atoms with E-state index in [1.165, 1.54) is 0 Å². The lowest BCUT2D eigenvalue weighted by Gasteiger charge is -2.03. The average Bonchev–Trinajstić information content (AvgIpc) is 2.34. The molecule has 0 aromatic carbocycles. The molecule has 0 aliphatic rings. The van der Waals surface area contributed by atoms with Crippen molar-refractivity contribution in [2.75, 3.05) is 6.54 Å². The molecule has 0 aromatic heterocycles. The van der Waals surface area contributed by atoms with Crippen LogP contribution < -0.4 is 5.32 Å². The van der Waals surface area contributed by atoms with Gasteiger partial charge in [0.05, 0.1) is 0 Å². The van der Waals surface area contributed by atoms with Crippen LogP contribution in [0.15, 0.2) is 48.6 Å². The Hall–Kier alpha value is -1.57. The topological polar surface area (TPSA) is 29.1 Å². The molecule has 0 aliphatic heterocycles. The lowest BCUT2D eigenvalue weighted by atomic mass is 10.2. The molecule has 0 saturated carbocycles. The van der Waals surface area contributed by atoms with E-state index in [0.717, 1.165) is 19.4 Å². The van der Waals surface area contributed by atoms with E-state index in [-0.39, 0.29) is 5.91 Å². The zero-order chi connectivity index (χ0) is 13.6. The molecule has 0 atom stereocenters. The van der Waals surface area contributed by atoms with Crippen molar-refractivity contribution in [1.82, 2.24) is 5.32 Å². The monoisotopic (exact) mass is 247 g/mol. The van der Waals surface area contributed by atoms with E-state index in [4.69, 9.17) is 0 Å². The third-order valence-electron chi connectivity index (χ3n) is 2.12. The van der Waals surface area contributed by atoms with Crippen LogP contribution in [0.2, 0.25) is 0 Å². The fourth-order valence-electron chi connectivity index (χ4n) is 1.16. The molecule has 2 heteroatoms. The number of rotatable bonds is 8. The zero-order valence-corrected chi connectivity index (χ0v) is 11.7. The summed E-state index contributed by atoms with van der Waals surface area (Å²) < 4.78 is 0. The molecule has 1 amide bonds. The van der Waals surface area contributed by atoms with Gasteiger partial charge in [-0.2, -0.15) is 0 Å². The molecule has 0 rings (SSSR count). The molecule has 0 fully saturated rings. The van der Waals surface area contributed by atoms with Gasteiger partial charge in [-0.3, -0.25) is 4.79 Å². The third-order valence-corrected chi connectivity index (χ3v) is 2.12. The van der Waals surface area contributed by atoms with Crippen molar-refractivity contribution in [3.63, 3.8) is 0 Å². The molecule has 100 valence electrons. The Kier molecular flexibility index (Phi) is 10.9. The minimum Gasteiger partial charge on any atom is -0.352 e. The lowest BCUT2D eigenvalue weighted by molar-refractivity contribution is -0.116. The Balaban J connectivity index is 3.64. The van der Waals surface area contributed by atoms with Crippen molar-refractivity contribution in [2.45, 2.75) is 33.6 Å². The summed E-state index contributed by atoms with van der Waals surface area (Å²) in [7, 11) is 0. The van der Waals surface area contributed by atoms with E-state index in [1.54, 1.807) is 12.2 Å². The van der Waals surface area contributed by atoms with Gasteiger partial charge >= 0.3 is 0 Å². The SMILES string of the molecule is C/C=C\C=C/CC/C=C\C=C\C(=O)NCC(C)C. The minimum atomic E-state index is -0.0265. The fourth-order valence-corrected chi connectivity index (χ4v) is 1.16. The zero-order valence-electron chi connectivity index (χ0n) is 11.7. The molecule has 0 spiro atoms. The van der Waals surface area contributed by atoms with Crippen molar-refractivity contribution in [3.05, 3.63) is 48.6 Å². The predicted octanol–water partition coefficient (Wildman–Crippen LogP) is 3.78. The first-order chi connectivity index (χ1) is 8.66. The van der Waals surface area contributed by atoms with Crippen LogP contribution >= 0.6 is 0 Å². The van der Waals surface area contributed by atoms with Crippen LogP contribution in [0.1, 0.15) is 33.6 Å². The van der Waals surface area contributed by atoms with Crippen LogP contribution in [0.3, 0.4) is 0 Å². The molecule has 0 heterocycles. The number of hydrogen-bond donors (Lipinski definition) is 1. The van der Waals surface area contributed by atoms with Crippen LogP contribution in [-0.4, -0.2) is 12.5 Å². The molecule has 0 unspecified atom stereocenters. The van der Waals surface area contributed by atoms with Gasteiger partial charge in [-0.15, -0.1) is 0 Å². The van der Waals surface area contributed by atoms with Crippen LogP contribution in [0.4, 0.5) is 0 Å². The van der Waals surface area contributed by atoms with Crippen LogP contribution in [0.5, 0.6) is 0 Å².